The molecule has 70 heavy (non-hydrogen) atoms. The van der Waals surface area contributed by atoms with Crippen molar-refractivity contribution in [3.05, 3.63) is 84.0 Å². The quantitative estimate of drug-likeness (QED) is 0.247. The number of fused-ring (bicyclic) bond motifs is 9. The van der Waals surface area contributed by atoms with Crippen LogP contribution in [0.15, 0.2) is 72.8 Å². The number of amides is 1. The van der Waals surface area contributed by atoms with Crippen LogP contribution >= 0.6 is 0 Å². The molecule has 19 atom stereocenters. The Morgan fingerprint density at radius 3 is 2.23 bits per heavy atom. The molecule has 0 N–H and O–H groups in total. The van der Waals surface area contributed by atoms with Gasteiger partial charge in [0.1, 0.15) is 42.9 Å². The first kappa shape index (κ1) is 47.5. The van der Waals surface area contributed by atoms with E-state index in [1.807, 2.05) is 12.1 Å². The minimum absolute atomic E-state index is 0.0234. The van der Waals surface area contributed by atoms with E-state index in [-0.39, 0.29) is 128 Å². The van der Waals surface area contributed by atoms with E-state index in [0.29, 0.717) is 45.1 Å². The maximum atomic E-state index is 14.5. The lowest BCUT2D eigenvalue weighted by molar-refractivity contribution is -0.292. The van der Waals surface area contributed by atoms with Crippen molar-refractivity contribution in [3.8, 4) is 11.1 Å². The summed E-state index contributed by atoms with van der Waals surface area (Å²) in [5.74, 6) is -0.434. The summed E-state index contributed by atoms with van der Waals surface area (Å²) >= 11 is 0. The molecule has 10 aliphatic heterocycles. The highest BCUT2D eigenvalue weighted by atomic mass is 16.8. The van der Waals surface area contributed by atoms with Crippen LogP contribution in [0.4, 0.5) is 4.79 Å². The molecular formula is C57H73NO12. The molecule has 13 heteroatoms. The molecule has 10 saturated heterocycles. The maximum Gasteiger partial charge on any atom is 0.409 e. The lowest BCUT2D eigenvalue weighted by atomic mass is 9.78. The molecule has 378 valence electrons. The van der Waals surface area contributed by atoms with Crippen LogP contribution < -0.4 is 0 Å². The molecule has 13 rings (SSSR count). The van der Waals surface area contributed by atoms with Gasteiger partial charge in [0.15, 0.2) is 5.79 Å². The van der Waals surface area contributed by atoms with Crippen LogP contribution in [-0.2, 0) is 52.2 Å². The lowest BCUT2D eigenvalue weighted by Crippen LogP contribution is -2.61. The fourth-order valence-electron chi connectivity index (χ4n) is 14.5. The molecule has 1 spiro atoms. The molecule has 10 fully saturated rings. The van der Waals surface area contributed by atoms with Crippen molar-refractivity contribution in [1.29, 1.82) is 0 Å². The van der Waals surface area contributed by atoms with Crippen molar-refractivity contribution in [1.82, 2.24) is 4.90 Å². The van der Waals surface area contributed by atoms with Gasteiger partial charge in [0.2, 0.25) is 0 Å². The number of hydrogen-bond acceptors (Lipinski definition) is 12. The van der Waals surface area contributed by atoms with Crippen LogP contribution in [0.1, 0.15) is 114 Å². The zero-order valence-electron chi connectivity index (χ0n) is 41.5. The number of benzene rings is 2. The number of nitrogens with zero attached hydrogens (tertiary/aromatic N) is 1. The van der Waals surface area contributed by atoms with Gasteiger partial charge in [-0.15, -0.1) is 0 Å². The number of hydrogen-bond donors (Lipinski definition) is 0. The number of likely N-dealkylation sites (N-methyl/N-ethyl adjacent to an activating group) is 1. The van der Waals surface area contributed by atoms with Crippen molar-refractivity contribution in [3.63, 3.8) is 0 Å². The summed E-state index contributed by atoms with van der Waals surface area (Å²) in [7, 11) is 3.45. The van der Waals surface area contributed by atoms with Gasteiger partial charge in [0.25, 0.3) is 0 Å². The third kappa shape index (κ3) is 8.74. The van der Waals surface area contributed by atoms with E-state index in [1.54, 1.807) is 19.1 Å². The molecule has 0 aromatic heterocycles. The van der Waals surface area contributed by atoms with E-state index in [0.717, 1.165) is 56.1 Å². The number of ether oxygens (including phenoxy) is 10. The minimum atomic E-state index is -0.794. The Hall–Kier alpha value is -3.50. The van der Waals surface area contributed by atoms with Crippen LogP contribution in [0.25, 0.3) is 11.1 Å². The maximum absolute atomic E-state index is 14.5. The highest BCUT2D eigenvalue weighted by molar-refractivity contribution is 5.80. The Labute approximate surface area is 413 Å². The first-order valence-electron chi connectivity index (χ1n) is 26.7. The van der Waals surface area contributed by atoms with Gasteiger partial charge < -0.3 is 52.3 Å². The molecule has 12 bridgehead atoms. The molecule has 13 nitrogen and oxygen atoms in total. The average Bonchev–Trinajstić information content (AvgIpc) is 4.10. The molecular weight excluding hydrogens is 891 g/mol. The highest BCUT2D eigenvalue weighted by Crippen LogP contribution is 2.55. The van der Waals surface area contributed by atoms with E-state index < -0.39 is 11.9 Å². The van der Waals surface area contributed by atoms with Gasteiger partial charge in [-0.2, -0.15) is 0 Å². The first-order chi connectivity index (χ1) is 33.9. The van der Waals surface area contributed by atoms with Gasteiger partial charge >= 0.3 is 6.09 Å². The van der Waals surface area contributed by atoms with E-state index in [2.05, 4.69) is 63.4 Å². The van der Waals surface area contributed by atoms with Gasteiger partial charge in [0.05, 0.1) is 61.0 Å². The molecule has 0 radical (unpaired) electrons. The monoisotopic (exact) mass is 964 g/mol. The van der Waals surface area contributed by atoms with Crippen LogP contribution in [-0.4, -0.2) is 141 Å². The third-order valence-corrected chi connectivity index (χ3v) is 18.4. The highest BCUT2D eigenvalue weighted by Gasteiger charge is 2.69. The lowest BCUT2D eigenvalue weighted by Gasteiger charge is -2.47. The second-order valence-corrected chi connectivity index (χ2v) is 22.7. The number of carbonyl (C=O) groups excluding carboxylic acids is 2. The predicted molar refractivity (Wildman–Crippen MR) is 258 cm³/mol. The smallest absolute Gasteiger partial charge is 0.409 e. The van der Waals surface area contributed by atoms with E-state index in [4.69, 9.17) is 47.4 Å². The fraction of sp³-hybridized carbons (Fsp3) is 0.684. The second-order valence-electron chi connectivity index (χ2n) is 22.7. The Bertz CT molecular complexity index is 2280. The van der Waals surface area contributed by atoms with Gasteiger partial charge in [-0.25, -0.2) is 4.79 Å². The summed E-state index contributed by atoms with van der Waals surface area (Å²) in [5, 5.41) is 0. The van der Waals surface area contributed by atoms with Gasteiger partial charge in [0, 0.05) is 65.1 Å². The zero-order chi connectivity index (χ0) is 48.0. The molecule has 10 heterocycles. The molecule has 2 aromatic rings. The summed E-state index contributed by atoms with van der Waals surface area (Å²) in [6.07, 6.45) is 5.73. The SMILES string of the molecule is C=C1C[C@@H]2CC[C@@]34C[C@H]5O[C@H]6[C@@H](O3)[C@H]3O[C@H](CC[C@@H]3O[C@H]6[C@H]5O4)CC(=O)C[C@@H]3[C@@H](C)[C@@H](C[C@@H](CN(C)C(=O)OCC4c5ccccc5-c5ccccc54)OC)O[C@H]3C[C@H]3O[C@@H](CC[C@@H]1O2)C[C@@H](C)C3=C. The van der Waals surface area contributed by atoms with Crippen molar-refractivity contribution in [2.45, 2.75) is 201 Å². The summed E-state index contributed by atoms with van der Waals surface area (Å²) < 4.78 is 67.2. The first-order valence-corrected chi connectivity index (χ1v) is 26.7. The van der Waals surface area contributed by atoms with Crippen molar-refractivity contribution in [2.24, 2.45) is 17.8 Å². The minimum Gasteiger partial charge on any atom is -0.448 e. The molecule has 0 unspecified atom stereocenters. The predicted octanol–water partition coefficient (Wildman–Crippen LogP) is 8.64. The molecule has 2 aromatic carbocycles. The third-order valence-electron chi connectivity index (χ3n) is 18.4. The standard InChI is InChI=1S/C57H73NO12/c1-30-21-35-15-17-45-31(2)22-37(63-45)19-20-57-27-50-52(69-57)53-54(68-50)55(70-57)51-46(67-53)18-16-36(65-51)23-34(59)24-43-33(4)47(66-49(43)26-48(64-35)32(30)3)25-38(61-6)28-58(5)56(60)62-29-44-41-13-9-7-11-39(41)40-12-8-10-14-42(40)44/h7-14,30,33,35-38,43-55H,2-3,15-29H2,1,4-6H3/t30-,33-,35+,36-,37+,38+,43-,45+,46+,47-,48-,49+,50-,51+,52+,53+,54-,55+,57+/m1/s1. The number of Topliss-reactive ketones (excluding diaryl/α,β-unsaturated/α-hetero) is 1. The number of carbonyl (C=O) groups is 2. The van der Waals surface area contributed by atoms with Crippen LogP contribution in [0.3, 0.4) is 0 Å². The molecule has 1 amide bonds. The Balaban J connectivity index is 0.751. The molecule has 1 aliphatic carbocycles. The summed E-state index contributed by atoms with van der Waals surface area (Å²) in [5.41, 5.74) is 6.95. The van der Waals surface area contributed by atoms with E-state index >= 15 is 0 Å². The Kier molecular flexibility index (Phi) is 12.9. The average molecular weight is 964 g/mol. The van der Waals surface area contributed by atoms with Crippen LogP contribution in [0.5, 0.6) is 0 Å². The number of methoxy groups -OCH3 is 1. The van der Waals surface area contributed by atoms with Gasteiger partial charge in [-0.05, 0) is 96.1 Å². The van der Waals surface area contributed by atoms with Crippen molar-refractivity contribution < 1.29 is 57.0 Å². The van der Waals surface area contributed by atoms with Crippen LogP contribution in [0, 0.1) is 17.8 Å². The number of rotatable bonds is 7. The summed E-state index contributed by atoms with van der Waals surface area (Å²) in [6.45, 7) is 14.1. The topological polar surface area (TPSA) is 130 Å². The van der Waals surface area contributed by atoms with E-state index in [9.17, 15) is 9.59 Å². The Morgan fingerprint density at radius 1 is 0.743 bits per heavy atom. The largest absolute Gasteiger partial charge is 0.448 e. The van der Waals surface area contributed by atoms with Crippen molar-refractivity contribution >= 4 is 11.9 Å². The molecule has 11 aliphatic rings. The van der Waals surface area contributed by atoms with Gasteiger partial charge in [-0.1, -0.05) is 75.5 Å². The van der Waals surface area contributed by atoms with Crippen molar-refractivity contribution in [2.75, 3.05) is 27.3 Å². The summed E-state index contributed by atoms with van der Waals surface area (Å²) in [6, 6.07) is 16.7. The number of ketones is 1. The van der Waals surface area contributed by atoms with E-state index in [1.165, 1.54) is 22.3 Å². The second kappa shape index (κ2) is 19.1. The summed E-state index contributed by atoms with van der Waals surface area (Å²) in [4.78, 5) is 29.7. The van der Waals surface area contributed by atoms with Crippen LogP contribution in [0.2, 0.25) is 0 Å². The normalized spacial score (nSPS) is 42.5. The zero-order valence-corrected chi connectivity index (χ0v) is 41.5. The van der Waals surface area contributed by atoms with Gasteiger partial charge in [-0.3, -0.25) is 4.79 Å². The fourth-order valence-corrected chi connectivity index (χ4v) is 14.5. The molecule has 0 saturated carbocycles. The Morgan fingerprint density at radius 2 is 1.44 bits per heavy atom.